The normalized spacial score (nSPS) is 16.8. The summed E-state index contributed by atoms with van der Waals surface area (Å²) in [4.78, 5) is 14.3. The van der Waals surface area contributed by atoms with Crippen molar-refractivity contribution in [1.82, 2.24) is 14.7 Å². The molecule has 3 rings (SSSR count). The molecule has 1 fully saturated rings. The van der Waals surface area contributed by atoms with Gasteiger partial charge in [0.25, 0.3) is 0 Å². The molecule has 2 heterocycles. The Balaban J connectivity index is 1.58. The first kappa shape index (κ1) is 18.9. The van der Waals surface area contributed by atoms with E-state index in [1.807, 2.05) is 31.3 Å². The lowest BCUT2D eigenvalue weighted by Gasteiger charge is -2.18. The average Bonchev–Trinajstić information content (AvgIpc) is 3.20. The fourth-order valence-electron chi connectivity index (χ4n) is 3.21. The summed E-state index contributed by atoms with van der Waals surface area (Å²) in [5.74, 6) is 0.879. The highest BCUT2D eigenvalue weighted by atomic mass is 35.5. The average molecular weight is 397 g/mol. The van der Waals surface area contributed by atoms with Crippen LogP contribution in [-0.4, -0.2) is 40.4 Å². The Kier molecular flexibility index (Phi) is 5.94. The van der Waals surface area contributed by atoms with Gasteiger partial charge >= 0.3 is 6.03 Å². The SMILES string of the molecule is CCOc1c(Cl)cc(NC(=O)N2CCC(Cc3cnn(C)c3)C2)cc1Cl. The van der Waals surface area contributed by atoms with Crippen LogP contribution in [-0.2, 0) is 13.5 Å². The van der Waals surface area contributed by atoms with Crippen LogP contribution in [0.4, 0.5) is 10.5 Å². The van der Waals surface area contributed by atoms with E-state index in [1.54, 1.807) is 16.8 Å². The van der Waals surface area contributed by atoms with Crippen molar-refractivity contribution in [3.63, 3.8) is 0 Å². The van der Waals surface area contributed by atoms with Crippen LogP contribution in [0.5, 0.6) is 5.75 Å². The molecule has 2 amide bonds. The first-order valence-corrected chi connectivity index (χ1v) is 9.37. The molecule has 0 radical (unpaired) electrons. The smallest absolute Gasteiger partial charge is 0.321 e. The first-order valence-electron chi connectivity index (χ1n) is 8.61. The zero-order valence-electron chi connectivity index (χ0n) is 14.8. The number of benzene rings is 1. The second kappa shape index (κ2) is 8.18. The second-order valence-electron chi connectivity index (χ2n) is 6.46. The zero-order valence-corrected chi connectivity index (χ0v) is 16.3. The van der Waals surface area contributed by atoms with Crippen molar-refractivity contribution in [3.05, 3.63) is 40.1 Å². The van der Waals surface area contributed by atoms with Crippen molar-refractivity contribution < 1.29 is 9.53 Å². The van der Waals surface area contributed by atoms with E-state index in [0.717, 1.165) is 25.9 Å². The van der Waals surface area contributed by atoms with E-state index in [0.29, 0.717) is 34.0 Å². The van der Waals surface area contributed by atoms with E-state index in [4.69, 9.17) is 27.9 Å². The number of nitrogens with one attached hydrogen (secondary N) is 1. The number of likely N-dealkylation sites (tertiary alicyclic amines) is 1. The number of aryl methyl sites for hydroxylation is 1. The van der Waals surface area contributed by atoms with Gasteiger partial charge < -0.3 is 15.0 Å². The lowest BCUT2D eigenvalue weighted by molar-refractivity contribution is 0.221. The predicted octanol–water partition coefficient (Wildman–Crippen LogP) is 4.22. The van der Waals surface area contributed by atoms with Gasteiger partial charge in [-0.15, -0.1) is 0 Å². The molecule has 1 N–H and O–H groups in total. The van der Waals surface area contributed by atoms with Gasteiger partial charge in [0.15, 0.2) is 5.75 Å². The minimum atomic E-state index is -0.144. The molecule has 2 aromatic rings. The van der Waals surface area contributed by atoms with E-state index in [9.17, 15) is 4.79 Å². The Morgan fingerprint density at radius 1 is 1.38 bits per heavy atom. The van der Waals surface area contributed by atoms with Crippen LogP contribution in [0.3, 0.4) is 0 Å². The molecule has 0 aliphatic carbocycles. The molecular weight excluding hydrogens is 375 g/mol. The molecule has 1 aliphatic heterocycles. The summed E-state index contributed by atoms with van der Waals surface area (Å²) in [6.45, 7) is 3.78. The Bertz CT molecular complexity index is 770. The lowest BCUT2D eigenvalue weighted by atomic mass is 10.0. The van der Waals surface area contributed by atoms with Gasteiger partial charge in [-0.2, -0.15) is 5.10 Å². The zero-order chi connectivity index (χ0) is 18.7. The van der Waals surface area contributed by atoms with Crippen LogP contribution in [0, 0.1) is 5.92 Å². The van der Waals surface area contributed by atoms with Crippen molar-refractivity contribution >= 4 is 34.9 Å². The van der Waals surface area contributed by atoms with Gasteiger partial charge in [-0.1, -0.05) is 23.2 Å². The number of amides is 2. The number of anilines is 1. The number of rotatable bonds is 5. The fourth-order valence-corrected chi connectivity index (χ4v) is 3.81. The summed E-state index contributed by atoms with van der Waals surface area (Å²) in [7, 11) is 1.91. The molecule has 1 aromatic carbocycles. The molecule has 1 unspecified atom stereocenters. The van der Waals surface area contributed by atoms with Gasteiger partial charge in [-0.25, -0.2) is 4.79 Å². The van der Waals surface area contributed by atoms with E-state index in [1.165, 1.54) is 5.56 Å². The quantitative estimate of drug-likeness (QED) is 0.822. The summed E-state index contributed by atoms with van der Waals surface area (Å²) in [6, 6.07) is 3.16. The van der Waals surface area contributed by atoms with Crippen LogP contribution < -0.4 is 10.1 Å². The number of hydrogen-bond donors (Lipinski definition) is 1. The molecule has 1 aliphatic rings. The number of halogens is 2. The lowest BCUT2D eigenvalue weighted by Crippen LogP contribution is -2.33. The number of carbonyl (C=O) groups is 1. The van der Waals surface area contributed by atoms with Gasteiger partial charge in [0.2, 0.25) is 0 Å². The minimum absolute atomic E-state index is 0.144. The minimum Gasteiger partial charge on any atom is -0.491 e. The monoisotopic (exact) mass is 396 g/mol. The third-order valence-corrected chi connectivity index (χ3v) is 4.96. The third kappa shape index (κ3) is 4.43. The second-order valence-corrected chi connectivity index (χ2v) is 7.27. The molecule has 0 bridgehead atoms. The van der Waals surface area contributed by atoms with Crippen molar-refractivity contribution in [2.45, 2.75) is 19.8 Å². The number of hydrogen-bond acceptors (Lipinski definition) is 3. The van der Waals surface area contributed by atoms with Crippen molar-refractivity contribution in [3.8, 4) is 5.75 Å². The van der Waals surface area contributed by atoms with Gasteiger partial charge in [-0.05, 0) is 43.4 Å². The maximum absolute atomic E-state index is 12.5. The van der Waals surface area contributed by atoms with Crippen LogP contribution in [0.15, 0.2) is 24.5 Å². The van der Waals surface area contributed by atoms with Crippen LogP contribution in [0.25, 0.3) is 0 Å². The van der Waals surface area contributed by atoms with E-state index in [-0.39, 0.29) is 6.03 Å². The maximum Gasteiger partial charge on any atom is 0.321 e. The molecular formula is C18H22Cl2N4O2. The van der Waals surface area contributed by atoms with Crippen LogP contribution >= 0.6 is 23.2 Å². The van der Waals surface area contributed by atoms with Crippen LogP contribution in [0.1, 0.15) is 18.9 Å². The Labute approximate surface area is 163 Å². The molecule has 1 saturated heterocycles. The standard InChI is InChI=1S/C18H22Cl2N4O2/c1-3-26-17-15(19)7-14(8-16(17)20)22-18(25)24-5-4-12(11-24)6-13-9-21-23(2)10-13/h7-10,12H,3-6,11H2,1-2H3,(H,22,25). The molecule has 1 aromatic heterocycles. The highest BCUT2D eigenvalue weighted by Crippen LogP contribution is 2.36. The van der Waals surface area contributed by atoms with Gasteiger partial charge in [0.05, 0.1) is 22.8 Å². The van der Waals surface area contributed by atoms with E-state index < -0.39 is 0 Å². The predicted molar refractivity (Wildman–Crippen MR) is 103 cm³/mol. The third-order valence-electron chi connectivity index (χ3n) is 4.39. The summed E-state index contributed by atoms with van der Waals surface area (Å²) in [6.07, 6.45) is 5.81. The Morgan fingerprint density at radius 2 is 2.12 bits per heavy atom. The molecule has 1 atom stereocenters. The van der Waals surface area contributed by atoms with Crippen molar-refractivity contribution in [1.29, 1.82) is 0 Å². The summed E-state index contributed by atoms with van der Waals surface area (Å²) < 4.78 is 7.21. The van der Waals surface area contributed by atoms with Gasteiger partial charge in [-0.3, -0.25) is 4.68 Å². The van der Waals surface area contributed by atoms with Crippen molar-refractivity contribution in [2.24, 2.45) is 13.0 Å². The van der Waals surface area contributed by atoms with Crippen LogP contribution in [0.2, 0.25) is 10.0 Å². The van der Waals surface area contributed by atoms with E-state index in [2.05, 4.69) is 10.4 Å². The largest absolute Gasteiger partial charge is 0.491 e. The molecule has 140 valence electrons. The van der Waals surface area contributed by atoms with Crippen molar-refractivity contribution in [2.75, 3.05) is 25.0 Å². The van der Waals surface area contributed by atoms with Gasteiger partial charge in [0.1, 0.15) is 0 Å². The Hall–Kier alpha value is -1.92. The summed E-state index contributed by atoms with van der Waals surface area (Å²) in [5, 5.41) is 7.82. The highest BCUT2D eigenvalue weighted by Gasteiger charge is 2.27. The highest BCUT2D eigenvalue weighted by molar-refractivity contribution is 6.37. The molecule has 26 heavy (non-hydrogen) atoms. The number of urea groups is 1. The summed E-state index contributed by atoms with van der Waals surface area (Å²) in [5.41, 5.74) is 1.76. The molecule has 6 nitrogen and oxygen atoms in total. The summed E-state index contributed by atoms with van der Waals surface area (Å²) >= 11 is 12.4. The Morgan fingerprint density at radius 3 is 2.73 bits per heavy atom. The number of nitrogens with zero attached hydrogens (tertiary/aromatic N) is 3. The topological polar surface area (TPSA) is 59.4 Å². The molecule has 0 spiro atoms. The number of carbonyl (C=O) groups excluding carboxylic acids is 1. The maximum atomic E-state index is 12.5. The molecule has 0 saturated carbocycles. The first-order chi connectivity index (χ1) is 12.5. The number of ether oxygens (including phenoxy) is 1. The van der Waals surface area contributed by atoms with Gasteiger partial charge in [0, 0.05) is 32.0 Å². The fraction of sp³-hybridized carbons (Fsp3) is 0.444. The molecule has 8 heteroatoms. The number of aromatic nitrogens is 2. The van der Waals surface area contributed by atoms with E-state index >= 15 is 0 Å².